The van der Waals surface area contributed by atoms with Gasteiger partial charge < -0.3 is 11.1 Å². The first kappa shape index (κ1) is 13.0. The summed E-state index contributed by atoms with van der Waals surface area (Å²) >= 11 is 0. The molecule has 2 rings (SSSR count). The van der Waals surface area contributed by atoms with Crippen molar-refractivity contribution in [1.82, 2.24) is 19.7 Å². The van der Waals surface area contributed by atoms with E-state index in [1.54, 1.807) is 10.9 Å². The molecule has 3 N–H and O–H groups in total. The number of carbonyl (C=O) groups excluding carboxylic acids is 1. The quantitative estimate of drug-likeness (QED) is 0.814. The van der Waals surface area contributed by atoms with Crippen LogP contribution in [0.2, 0.25) is 0 Å². The van der Waals surface area contributed by atoms with Gasteiger partial charge >= 0.3 is 0 Å². The van der Waals surface area contributed by atoms with Gasteiger partial charge in [0.2, 0.25) is 0 Å². The molecule has 0 radical (unpaired) electrons. The van der Waals surface area contributed by atoms with Crippen molar-refractivity contribution in [3.63, 3.8) is 0 Å². The van der Waals surface area contributed by atoms with Crippen molar-refractivity contribution in [3.05, 3.63) is 35.5 Å². The lowest BCUT2D eigenvalue weighted by molar-refractivity contribution is 0.0995. The monoisotopic (exact) mass is 260 g/mol. The maximum Gasteiger partial charge on any atom is 0.268 e. The van der Waals surface area contributed by atoms with E-state index in [1.165, 1.54) is 6.20 Å². The third-order valence-electron chi connectivity index (χ3n) is 2.67. The van der Waals surface area contributed by atoms with Gasteiger partial charge in [-0.05, 0) is 6.42 Å². The van der Waals surface area contributed by atoms with Crippen LogP contribution in [0.5, 0.6) is 0 Å². The van der Waals surface area contributed by atoms with Gasteiger partial charge in [-0.25, -0.2) is 4.98 Å². The third-order valence-corrected chi connectivity index (χ3v) is 2.67. The molecule has 0 aliphatic carbocycles. The summed E-state index contributed by atoms with van der Waals surface area (Å²) in [7, 11) is 1.89. The molecular weight excluding hydrogens is 244 g/mol. The minimum atomic E-state index is -0.591. The molecule has 7 heteroatoms. The first-order chi connectivity index (χ1) is 9.10. The van der Waals surface area contributed by atoms with Crippen molar-refractivity contribution in [2.75, 3.05) is 5.32 Å². The Morgan fingerprint density at radius 3 is 2.95 bits per heavy atom. The number of aryl methyl sites for hydroxylation is 2. The smallest absolute Gasteiger partial charge is 0.268 e. The summed E-state index contributed by atoms with van der Waals surface area (Å²) in [6.45, 7) is 2.63. The molecule has 0 spiro atoms. The number of nitrogens with two attached hydrogens (primary N) is 1. The normalized spacial score (nSPS) is 10.4. The van der Waals surface area contributed by atoms with Gasteiger partial charge in [0.1, 0.15) is 11.5 Å². The number of hydrogen-bond donors (Lipinski definition) is 2. The summed E-state index contributed by atoms with van der Waals surface area (Å²) in [5.74, 6) is -0.0750. The van der Waals surface area contributed by atoms with Crippen LogP contribution in [-0.2, 0) is 20.0 Å². The molecule has 0 bridgehead atoms. The number of nitrogens with zero attached hydrogens (tertiary/aromatic N) is 4. The minimum absolute atomic E-state index is 0.145. The van der Waals surface area contributed by atoms with E-state index in [0.29, 0.717) is 12.4 Å². The molecule has 1 amide bonds. The fourth-order valence-electron chi connectivity index (χ4n) is 1.78. The van der Waals surface area contributed by atoms with Crippen LogP contribution in [0.15, 0.2) is 18.6 Å². The van der Waals surface area contributed by atoms with E-state index < -0.39 is 5.91 Å². The SMILES string of the molecule is CCc1nn(C)cc1CNc1cncc(C(N)=O)n1. The molecule has 0 saturated carbocycles. The average Bonchev–Trinajstić information content (AvgIpc) is 2.77. The van der Waals surface area contributed by atoms with Gasteiger partial charge in [-0.1, -0.05) is 6.92 Å². The molecule has 0 saturated heterocycles. The second-order valence-corrected chi connectivity index (χ2v) is 4.14. The van der Waals surface area contributed by atoms with Crippen LogP contribution in [-0.4, -0.2) is 25.7 Å². The topological polar surface area (TPSA) is 98.7 Å². The summed E-state index contributed by atoms with van der Waals surface area (Å²) in [5, 5.41) is 7.46. The summed E-state index contributed by atoms with van der Waals surface area (Å²) in [6, 6.07) is 0. The zero-order valence-electron chi connectivity index (χ0n) is 10.9. The lowest BCUT2D eigenvalue weighted by Gasteiger charge is -2.05. The van der Waals surface area contributed by atoms with Gasteiger partial charge in [0.25, 0.3) is 5.91 Å². The zero-order chi connectivity index (χ0) is 13.8. The Kier molecular flexibility index (Phi) is 3.74. The van der Waals surface area contributed by atoms with E-state index in [2.05, 4.69) is 27.3 Å². The predicted octanol–water partition coefficient (Wildman–Crippen LogP) is 0.483. The highest BCUT2D eigenvalue weighted by molar-refractivity contribution is 5.90. The molecule has 0 fully saturated rings. The lowest BCUT2D eigenvalue weighted by atomic mass is 10.2. The number of rotatable bonds is 5. The van der Waals surface area contributed by atoms with Gasteiger partial charge in [-0.3, -0.25) is 14.5 Å². The fourth-order valence-corrected chi connectivity index (χ4v) is 1.78. The number of primary amides is 1. The second kappa shape index (κ2) is 5.47. The Bertz CT molecular complexity index is 592. The standard InChI is InChI=1S/C12H16N6O/c1-3-9-8(7-18(2)17-9)4-15-11-6-14-5-10(16-11)12(13)19/h5-7H,3-4H2,1-2H3,(H2,13,19)(H,15,16). The van der Waals surface area contributed by atoms with E-state index in [-0.39, 0.29) is 5.69 Å². The Balaban J connectivity index is 2.09. The molecule has 0 unspecified atom stereocenters. The fraction of sp³-hybridized carbons (Fsp3) is 0.333. The van der Waals surface area contributed by atoms with Crippen molar-refractivity contribution >= 4 is 11.7 Å². The summed E-state index contributed by atoms with van der Waals surface area (Å²) in [5.41, 5.74) is 7.43. The number of amides is 1. The lowest BCUT2D eigenvalue weighted by Crippen LogP contribution is -2.14. The maximum absolute atomic E-state index is 11.0. The number of nitrogens with one attached hydrogen (secondary N) is 1. The van der Waals surface area contributed by atoms with E-state index in [4.69, 9.17) is 5.73 Å². The van der Waals surface area contributed by atoms with Crippen LogP contribution in [0.25, 0.3) is 0 Å². The van der Waals surface area contributed by atoms with Crippen LogP contribution >= 0.6 is 0 Å². The van der Waals surface area contributed by atoms with Crippen LogP contribution in [0.4, 0.5) is 5.82 Å². The molecular formula is C12H16N6O. The summed E-state index contributed by atoms with van der Waals surface area (Å²) in [4.78, 5) is 19.0. The number of anilines is 1. The van der Waals surface area contributed by atoms with Crippen molar-refractivity contribution < 1.29 is 4.79 Å². The van der Waals surface area contributed by atoms with E-state index in [0.717, 1.165) is 17.7 Å². The van der Waals surface area contributed by atoms with E-state index in [9.17, 15) is 4.79 Å². The molecule has 0 aliphatic heterocycles. The predicted molar refractivity (Wildman–Crippen MR) is 70.5 cm³/mol. The average molecular weight is 260 g/mol. The molecule has 2 aromatic heterocycles. The van der Waals surface area contributed by atoms with Gasteiger partial charge in [0.15, 0.2) is 0 Å². The molecule has 7 nitrogen and oxygen atoms in total. The van der Waals surface area contributed by atoms with Crippen LogP contribution in [0.1, 0.15) is 28.7 Å². The first-order valence-corrected chi connectivity index (χ1v) is 5.97. The van der Waals surface area contributed by atoms with Crippen molar-refractivity contribution in [3.8, 4) is 0 Å². The van der Waals surface area contributed by atoms with Crippen LogP contribution < -0.4 is 11.1 Å². The molecule has 2 heterocycles. The minimum Gasteiger partial charge on any atom is -0.365 e. The van der Waals surface area contributed by atoms with Gasteiger partial charge in [-0.2, -0.15) is 5.10 Å². The van der Waals surface area contributed by atoms with Crippen LogP contribution in [0, 0.1) is 0 Å². The number of aromatic nitrogens is 4. The molecule has 0 atom stereocenters. The summed E-state index contributed by atoms with van der Waals surface area (Å²) in [6.07, 6.45) is 5.71. The highest BCUT2D eigenvalue weighted by atomic mass is 16.1. The van der Waals surface area contributed by atoms with Gasteiger partial charge in [0, 0.05) is 25.4 Å². The van der Waals surface area contributed by atoms with E-state index >= 15 is 0 Å². The van der Waals surface area contributed by atoms with Crippen molar-refractivity contribution in [2.24, 2.45) is 12.8 Å². The first-order valence-electron chi connectivity index (χ1n) is 5.97. The molecule has 19 heavy (non-hydrogen) atoms. The highest BCUT2D eigenvalue weighted by Crippen LogP contribution is 2.10. The zero-order valence-corrected chi connectivity index (χ0v) is 10.9. The molecule has 0 aromatic carbocycles. The van der Waals surface area contributed by atoms with Gasteiger partial charge in [0.05, 0.1) is 18.1 Å². The maximum atomic E-state index is 11.0. The largest absolute Gasteiger partial charge is 0.365 e. The molecule has 0 aliphatic rings. The Morgan fingerprint density at radius 2 is 2.26 bits per heavy atom. The highest BCUT2D eigenvalue weighted by Gasteiger charge is 2.07. The Labute approximate surface area is 110 Å². The number of carbonyl (C=O) groups is 1. The summed E-state index contributed by atoms with van der Waals surface area (Å²) < 4.78 is 1.78. The van der Waals surface area contributed by atoms with E-state index in [1.807, 2.05) is 13.2 Å². The van der Waals surface area contributed by atoms with Crippen molar-refractivity contribution in [2.45, 2.75) is 19.9 Å². The van der Waals surface area contributed by atoms with Gasteiger partial charge in [-0.15, -0.1) is 0 Å². The Morgan fingerprint density at radius 1 is 1.47 bits per heavy atom. The van der Waals surface area contributed by atoms with Crippen molar-refractivity contribution in [1.29, 1.82) is 0 Å². The van der Waals surface area contributed by atoms with Crippen LogP contribution in [0.3, 0.4) is 0 Å². The number of hydrogen-bond acceptors (Lipinski definition) is 5. The molecule has 2 aromatic rings. The Hall–Kier alpha value is -2.44. The molecule has 100 valence electrons. The third kappa shape index (κ3) is 3.06. The second-order valence-electron chi connectivity index (χ2n) is 4.14.